The maximum Gasteiger partial charge on any atom is 0.517 e. The molecule has 18 heavy (non-hydrogen) atoms. The molecule has 7 heteroatoms. The number of halogens is 1. The highest BCUT2D eigenvalue weighted by Gasteiger charge is 2.06. The van der Waals surface area contributed by atoms with Crippen molar-refractivity contribution < 1.29 is 14.7 Å². The topological polar surface area (TPSA) is 115 Å². The van der Waals surface area contributed by atoms with E-state index in [1.807, 2.05) is 25.1 Å². The van der Waals surface area contributed by atoms with Crippen LogP contribution in [0.5, 0.6) is 5.75 Å². The van der Waals surface area contributed by atoms with E-state index in [1.54, 1.807) is 0 Å². The highest BCUT2D eigenvalue weighted by Crippen LogP contribution is 2.24. The summed E-state index contributed by atoms with van der Waals surface area (Å²) >= 11 is 6.06. The predicted octanol–water partition coefficient (Wildman–Crippen LogP) is -3.01. The Bertz CT molecular complexity index is 469. The number of ether oxygens (including phenoxy) is 1. The van der Waals surface area contributed by atoms with Gasteiger partial charge in [0.05, 0.1) is 11.6 Å². The Labute approximate surface area is 110 Å². The molecule has 0 fully saturated rings. The van der Waals surface area contributed by atoms with E-state index >= 15 is 0 Å². The Balaban J connectivity index is 2.75. The largest absolute Gasteiger partial charge is 0.517 e. The van der Waals surface area contributed by atoms with Crippen LogP contribution in [-0.4, -0.2) is 18.5 Å². The minimum absolute atomic E-state index is 0.0322. The van der Waals surface area contributed by atoms with Crippen molar-refractivity contribution in [2.75, 3.05) is 6.61 Å². The molecule has 0 aromatic heterocycles. The van der Waals surface area contributed by atoms with E-state index in [2.05, 4.69) is 9.98 Å². The lowest BCUT2D eigenvalue weighted by Gasteiger charge is -2.05. The molecule has 0 aliphatic heterocycles. The average molecular weight is 272 g/mol. The Kier molecular flexibility index (Phi) is 5.26. The summed E-state index contributed by atoms with van der Waals surface area (Å²) in [6.07, 6.45) is 0. The van der Waals surface area contributed by atoms with Crippen LogP contribution >= 0.6 is 11.6 Å². The van der Waals surface area contributed by atoms with E-state index in [-0.39, 0.29) is 11.9 Å². The molecule has 0 spiro atoms. The van der Waals surface area contributed by atoms with Gasteiger partial charge in [-0.05, 0) is 19.1 Å². The van der Waals surface area contributed by atoms with Gasteiger partial charge in [-0.25, -0.2) is 5.73 Å². The summed E-state index contributed by atoms with van der Waals surface area (Å²) < 4.78 is 5.34. The monoisotopic (exact) mass is 271 g/mol. The van der Waals surface area contributed by atoms with Crippen LogP contribution in [0.3, 0.4) is 0 Å². The van der Waals surface area contributed by atoms with E-state index in [1.165, 1.54) is 0 Å². The number of hydrogen-bond acceptors (Lipinski definition) is 1. The molecule has 0 atom stereocenters. The second-order valence-corrected chi connectivity index (χ2v) is 3.95. The second-order valence-electron chi connectivity index (χ2n) is 3.55. The smallest absolute Gasteiger partial charge is 0.492 e. The van der Waals surface area contributed by atoms with Gasteiger partial charge < -0.3 is 16.2 Å². The lowest BCUT2D eigenvalue weighted by Crippen LogP contribution is -2.97. The predicted molar refractivity (Wildman–Crippen MR) is 70.8 cm³/mol. The van der Waals surface area contributed by atoms with Gasteiger partial charge in [-0.1, -0.05) is 17.7 Å². The first-order valence-corrected chi connectivity index (χ1v) is 5.83. The summed E-state index contributed by atoms with van der Waals surface area (Å²) in [6.45, 7) is 2.98. The fraction of sp³-hybridized carbons (Fsp3) is 0.273. The Morgan fingerprint density at radius 3 is 2.61 bits per heavy atom. The van der Waals surface area contributed by atoms with Gasteiger partial charge in [0, 0.05) is 5.56 Å². The van der Waals surface area contributed by atoms with Gasteiger partial charge >= 0.3 is 5.96 Å². The molecule has 0 saturated heterocycles. The summed E-state index contributed by atoms with van der Waals surface area (Å²) in [6, 6.07) is 5.52. The first-order valence-electron chi connectivity index (χ1n) is 5.45. The third-order valence-corrected chi connectivity index (χ3v) is 2.35. The molecule has 6 nitrogen and oxygen atoms in total. The van der Waals surface area contributed by atoms with Gasteiger partial charge in [-0.15, -0.1) is 4.99 Å². The van der Waals surface area contributed by atoms with Gasteiger partial charge in [0.25, 0.3) is 5.96 Å². The zero-order chi connectivity index (χ0) is 13.5. The third-order valence-electron chi connectivity index (χ3n) is 2.06. The van der Waals surface area contributed by atoms with E-state index in [9.17, 15) is 0 Å². The molecule has 0 radical (unpaired) electrons. The van der Waals surface area contributed by atoms with Crippen molar-refractivity contribution in [3.05, 3.63) is 28.8 Å². The van der Waals surface area contributed by atoms with Crippen molar-refractivity contribution in [1.29, 1.82) is 0 Å². The van der Waals surface area contributed by atoms with Crippen molar-refractivity contribution in [1.82, 2.24) is 0 Å². The Morgan fingerprint density at radius 1 is 1.33 bits per heavy atom. The molecule has 0 unspecified atom stereocenters. The molecule has 0 heterocycles. The SMILES string of the molecule is CCOc1ccc(C[NH+]=C(N)[NH+]=C(N)N)cc1Cl. The van der Waals surface area contributed by atoms with Crippen LogP contribution in [0.2, 0.25) is 5.02 Å². The molecule has 0 bridgehead atoms. The van der Waals surface area contributed by atoms with Gasteiger partial charge in [-0.3, -0.25) is 0 Å². The Morgan fingerprint density at radius 2 is 2.06 bits per heavy atom. The second kappa shape index (κ2) is 6.70. The van der Waals surface area contributed by atoms with Gasteiger partial charge in [0.2, 0.25) is 0 Å². The summed E-state index contributed by atoms with van der Waals surface area (Å²) in [5, 5.41) is 0.563. The van der Waals surface area contributed by atoms with Crippen molar-refractivity contribution in [2.24, 2.45) is 17.2 Å². The first-order chi connectivity index (χ1) is 8.52. The quantitative estimate of drug-likeness (QED) is 0.296. The minimum Gasteiger partial charge on any atom is -0.492 e. The fourth-order valence-electron chi connectivity index (χ4n) is 1.32. The lowest BCUT2D eigenvalue weighted by atomic mass is 10.2. The third kappa shape index (κ3) is 4.50. The van der Waals surface area contributed by atoms with E-state index < -0.39 is 0 Å². The maximum absolute atomic E-state index is 6.06. The highest BCUT2D eigenvalue weighted by molar-refractivity contribution is 6.32. The minimum atomic E-state index is 0.0322. The zero-order valence-corrected chi connectivity index (χ0v) is 10.9. The number of rotatable bonds is 4. The first kappa shape index (κ1) is 14.1. The van der Waals surface area contributed by atoms with Crippen LogP contribution in [0.4, 0.5) is 0 Å². The zero-order valence-electron chi connectivity index (χ0n) is 10.2. The molecule has 8 N–H and O–H groups in total. The Hall–Kier alpha value is -1.95. The molecule has 1 aromatic rings. The number of nitrogens with two attached hydrogens (primary N) is 3. The molecule has 0 amide bonds. The van der Waals surface area contributed by atoms with E-state index in [0.717, 1.165) is 5.56 Å². The van der Waals surface area contributed by atoms with Crippen LogP contribution in [0.1, 0.15) is 12.5 Å². The number of hydrogen-bond donors (Lipinski definition) is 5. The van der Waals surface area contributed by atoms with Crippen LogP contribution in [0, 0.1) is 0 Å². The van der Waals surface area contributed by atoms with Crippen LogP contribution in [0.15, 0.2) is 18.2 Å². The summed E-state index contributed by atoms with van der Waals surface area (Å²) in [4.78, 5) is 5.47. The van der Waals surface area contributed by atoms with Crippen molar-refractivity contribution in [3.8, 4) is 5.75 Å². The summed E-state index contributed by atoms with van der Waals surface area (Å²) in [5.41, 5.74) is 17.0. The molecule has 98 valence electrons. The lowest BCUT2D eigenvalue weighted by molar-refractivity contribution is -0.536. The van der Waals surface area contributed by atoms with Crippen molar-refractivity contribution in [2.45, 2.75) is 13.5 Å². The van der Waals surface area contributed by atoms with E-state index in [0.29, 0.717) is 23.9 Å². The molecule has 1 rings (SSSR count). The van der Waals surface area contributed by atoms with Gasteiger partial charge in [-0.2, -0.15) is 4.99 Å². The van der Waals surface area contributed by atoms with Gasteiger partial charge in [0.1, 0.15) is 12.3 Å². The van der Waals surface area contributed by atoms with Crippen molar-refractivity contribution in [3.63, 3.8) is 0 Å². The van der Waals surface area contributed by atoms with Crippen LogP contribution in [0.25, 0.3) is 0 Å². The average Bonchev–Trinajstić information content (AvgIpc) is 2.29. The molecule has 0 aliphatic rings. The number of guanidine groups is 2. The van der Waals surface area contributed by atoms with Crippen molar-refractivity contribution >= 4 is 23.5 Å². The number of benzene rings is 1. The normalized spacial score (nSPS) is 11.1. The maximum atomic E-state index is 6.06. The molecular weight excluding hydrogens is 254 g/mol. The molecule has 0 aliphatic carbocycles. The van der Waals surface area contributed by atoms with Gasteiger partial charge in [0.15, 0.2) is 0 Å². The number of nitrogens with one attached hydrogen (secondary N) is 2. The highest BCUT2D eigenvalue weighted by atomic mass is 35.5. The summed E-state index contributed by atoms with van der Waals surface area (Å²) in [7, 11) is 0. The van der Waals surface area contributed by atoms with Crippen LogP contribution < -0.4 is 31.9 Å². The molecular formula is C11H18ClN5O+2. The molecule has 1 aromatic carbocycles. The summed E-state index contributed by atoms with van der Waals surface area (Å²) in [5.74, 6) is 0.974. The van der Waals surface area contributed by atoms with Crippen LogP contribution in [-0.2, 0) is 6.54 Å². The molecule has 0 saturated carbocycles. The van der Waals surface area contributed by atoms with E-state index in [4.69, 9.17) is 33.5 Å². The standard InChI is InChI=1S/C11H16ClN5O/c1-2-18-9-4-3-7(5-8(9)12)6-16-11(15)17-10(13)14/h3-5H,2,6H2,1H3,(H6,13,14,15,16,17)/p+2. The fourth-order valence-corrected chi connectivity index (χ4v) is 1.58.